The van der Waals surface area contributed by atoms with E-state index in [0.717, 1.165) is 11.3 Å². The molecule has 0 saturated heterocycles. The quantitative estimate of drug-likeness (QED) is 0.605. The van der Waals surface area contributed by atoms with E-state index >= 15 is 0 Å². The minimum Gasteiger partial charge on any atom is -0.493 e. The van der Waals surface area contributed by atoms with Crippen molar-refractivity contribution in [3.05, 3.63) is 71.4 Å². The summed E-state index contributed by atoms with van der Waals surface area (Å²) < 4.78 is 10.5. The van der Waals surface area contributed by atoms with Gasteiger partial charge in [-0.3, -0.25) is 4.79 Å². The number of methoxy groups -OCH3 is 2. The van der Waals surface area contributed by atoms with Gasteiger partial charge in [0.2, 0.25) is 5.91 Å². The van der Waals surface area contributed by atoms with Gasteiger partial charge in [-0.05, 0) is 42.0 Å². The fourth-order valence-corrected chi connectivity index (χ4v) is 2.81. The largest absolute Gasteiger partial charge is 0.493 e. The van der Waals surface area contributed by atoms with E-state index in [-0.39, 0.29) is 12.3 Å². The van der Waals surface area contributed by atoms with Gasteiger partial charge in [0.25, 0.3) is 0 Å². The third kappa shape index (κ3) is 4.92. The number of para-hydroxylation sites is 1. The molecule has 1 aromatic heterocycles. The van der Waals surface area contributed by atoms with E-state index in [1.54, 1.807) is 50.7 Å². The number of hydrogen-bond acceptors (Lipinski definition) is 5. The molecule has 0 aliphatic rings. The molecule has 0 unspecified atom stereocenters. The normalized spacial score (nSPS) is 10.2. The summed E-state index contributed by atoms with van der Waals surface area (Å²) in [6, 6.07) is 16.3. The van der Waals surface area contributed by atoms with Gasteiger partial charge in [0.15, 0.2) is 11.5 Å². The molecule has 1 amide bonds. The summed E-state index contributed by atoms with van der Waals surface area (Å²) in [5, 5.41) is 6.57. The number of aromatic nitrogens is 1. The summed E-state index contributed by atoms with van der Waals surface area (Å²) in [4.78, 5) is 16.6. The first kappa shape index (κ1) is 19.5. The number of anilines is 3. The number of carbonyl (C=O) groups is 1. The summed E-state index contributed by atoms with van der Waals surface area (Å²) in [6.45, 7) is 0. The molecule has 0 atom stereocenters. The van der Waals surface area contributed by atoms with E-state index in [2.05, 4.69) is 15.6 Å². The molecule has 0 spiro atoms. The van der Waals surface area contributed by atoms with Gasteiger partial charge >= 0.3 is 0 Å². The van der Waals surface area contributed by atoms with E-state index in [9.17, 15) is 4.79 Å². The van der Waals surface area contributed by atoms with Gasteiger partial charge in [-0.15, -0.1) is 0 Å². The molecule has 6 nitrogen and oxygen atoms in total. The minimum absolute atomic E-state index is 0.152. The van der Waals surface area contributed by atoms with Crippen LogP contribution in [0.1, 0.15) is 5.56 Å². The van der Waals surface area contributed by atoms with Gasteiger partial charge in [0, 0.05) is 0 Å². The van der Waals surface area contributed by atoms with Crippen molar-refractivity contribution in [2.24, 2.45) is 0 Å². The average molecular weight is 398 g/mol. The highest BCUT2D eigenvalue weighted by molar-refractivity contribution is 6.33. The molecule has 0 bridgehead atoms. The molecule has 3 aromatic rings. The van der Waals surface area contributed by atoms with Crippen molar-refractivity contribution in [3.63, 3.8) is 0 Å². The SMILES string of the molecule is COc1ccc(CC(=O)Nc2ccc(Nc3ccccc3Cl)nc2)cc1OC. The van der Waals surface area contributed by atoms with E-state index in [1.165, 1.54) is 0 Å². The summed E-state index contributed by atoms with van der Waals surface area (Å²) in [7, 11) is 3.13. The molecule has 144 valence electrons. The van der Waals surface area contributed by atoms with Crippen LogP contribution in [0, 0.1) is 0 Å². The number of nitrogens with one attached hydrogen (secondary N) is 2. The number of halogens is 1. The predicted molar refractivity (Wildman–Crippen MR) is 111 cm³/mol. The summed E-state index contributed by atoms with van der Waals surface area (Å²) in [6.07, 6.45) is 1.80. The molecule has 0 fully saturated rings. The Labute approximate surface area is 168 Å². The van der Waals surface area contributed by atoms with Crippen molar-refractivity contribution in [2.75, 3.05) is 24.9 Å². The lowest BCUT2D eigenvalue weighted by Gasteiger charge is -2.10. The van der Waals surface area contributed by atoms with Crippen LogP contribution in [0.2, 0.25) is 5.02 Å². The van der Waals surface area contributed by atoms with Crippen LogP contribution < -0.4 is 20.1 Å². The summed E-state index contributed by atoms with van der Waals surface area (Å²) >= 11 is 6.13. The average Bonchev–Trinajstić information content (AvgIpc) is 2.71. The number of rotatable bonds is 7. The molecular weight excluding hydrogens is 378 g/mol. The van der Waals surface area contributed by atoms with Crippen LogP contribution in [0.3, 0.4) is 0 Å². The van der Waals surface area contributed by atoms with Gasteiger partial charge in [-0.25, -0.2) is 4.98 Å². The Morgan fingerprint density at radius 2 is 1.82 bits per heavy atom. The second-order valence-electron chi connectivity index (χ2n) is 5.95. The number of ether oxygens (including phenoxy) is 2. The Balaban J connectivity index is 1.61. The van der Waals surface area contributed by atoms with Crippen LogP contribution >= 0.6 is 11.6 Å². The Morgan fingerprint density at radius 1 is 1.04 bits per heavy atom. The minimum atomic E-state index is -0.152. The first-order chi connectivity index (χ1) is 13.6. The van der Waals surface area contributed by atoms with Crippen LogP contribution in [0.5, 0.6) is 11.5 Å². The third-order valence-corrected chi connectivity index (χ3v) is 4.33. The predicted octanol–water partition coefficient (Wildman–Crippen LogP) is 4.68. The second kappa shape index (κ2) is 9.10. The summed E-state index contributed by atoms with van der Waals surface area (Å²) in [5.74, 6) is 1.69. The standard InChI is InChI=1S/C21H20ClN3O3/c1-27-18-9-7-14(11-19(18)28-2)12-21(26)24-15-8-10-20(23-13-15)25-17-6-4-3-5-16(17)22/h3-11,13H,12H2,1-2H3,(H,23,25)(H,24,26). The Kier molecular flexibility index (Phi) is 6.34. The Morgan fingerprint density at radius 3 is 2.50 bits per heavy atom. The topological polar surface area (TPSA) is 72.5 Å². The first-order valence-electron chi connectivity index (χ1n) is 8.57. The van der Waals surface area contributed by atoms with Crippen molar-refractivity contribution >= 4 is 34.7 Å². The summed E-state index contributed by atoms with van der Waals surface area (Å²) in [5.41, 5.74) is 2.19. The lowest BCUT2D eigenvalue weighted by atomic mass is 10.1. The van der Waals surface area contributed by atoms with Crippen molar-refractivity contribution in [3.8, 4) is 11.5 Å². The zero-order valence-corrected chi connectivity index (χ0v) is 16.3. The molecule has 3 rings (SSSR count). The fourth-order valence-electron chi connectivity index (χ4n) is 2.62. The lowest BCUT2D eigenvalue weighted by molar-refractivity contribution is -0.115. The molecule has 7 heteroatoms. The highest BCUT2D eigenvalue weighted by Gasteiger charge is 2.09. The van der Waals surface area contributed by atoms with Crippen molar-refractivity contribution in [1.82, 2.24) is 4.98 Å². The molecule has 0 saturated carbocycles. The zero-order chi connectivity index (χ0) is 19.9. The molecule has 2 aromatic carbocycles. The van der Waals surface area contributed by atoms with E-state index in [1.807, 2.05) is 24.3 Å². The smallest absolute Gasteiger partial charge is 0.228 e. The number of benzene rings is 2. The van der Waals surface area contributed by atoms with Crippen LogP contribution in [0.4, 0.5) is 17.2 Å². The van der Waals surface area contributed by atoms with Gasteiger partial charge in [0.05, 0.1) is 43.2 Å². The van der Waals surface area contributed by atoms with Crippen LogP contribution in [-0.4, -0.2) is 25.1 Å². The van der Waals surface area contributed by atoms with E-state index in [4.69, 9.17) is 21.1 Å². The number of amides is 1. The van der Waals surface area contributed by atoms with Crippen LogP contribution in [0.25, 0.3) is 0 Å². The van der Waals surface area contributed by atoms with Crippen LogP contribution in [0.15, 0.2) is 60.8 Å². The molecular formula is C21H20ClN3O3. The van der Waals surface area contributed by atoms with E-state index in [0.29, 0.717) is 28.0 Å². The highest BCUT2D eigenvalue weighted by Crippen LogP contribution is 2.28. The first-order valence-corrected chi connectivity index (χ1v) is 8.95. The Hall–Kier alpha value is -3.25. The van der Waals surface area contributed by atoms with Crippen molar-refractivity contribution in [2.45, 2.75) is 6.42 Å². The number of carbonyl (C=O) groups excluding carboxylic acids is 1. The molecule has 1 heterocycles. The molecule has 0 aliphatic heterocycles. The van der Waals surface area contributed by atoms with E-state index < -0.39 is 0 Å². The molecule has 0 radical (unpaired) electrons. The van der Waals surface area contributed by atoms with Gasteiger partial charge in [0.1, 0.15) is 5.82 Å². The number of nitrogens with zero attached hydrogens (tertiary/aromatic N) is 1. The maximum atomic E-state index is 12.3. The second-order valence-corrected chi connectivity index (χ2v) is 6.36. The molecule has 28 heavy (non-hydrogen) atoms. The number of hydrogen-bond donors (Lipinski definition) is 2. The van der Waals surface area contributed by atoms with Crippen molar-refractivity contribution in [1.29, 1.82) is 0 Å². The zero-order valence-electron chi connectivity index (χ0n) is 15.5. The van der Waals surface area contributed by atoms with Gasteiger partial charge in [-0.2, -0.15) is 0 Å². The van der Waals surface area contributed by atoms with Gasteiger partial charge in [-0.1, -0.05) is 29.8 Å². The maximum Gasteiger partial charge on any atom is 0.228 e. The van der Waals surface area contributed by atoms with Gasteiger partial charge < -0.3 is 20.1 Å². The van der Waals surface area contributed by atoms with Crippen molar-refractivity contribution < 1.29 is 14.3 Å². The molecule has 2 N–H and O–H groups in total. The maximum absolute atomic E-state index is 12.3. The lowest BCUT2D eigenvalue weighted by Crippen LogP contribution is -2.14. The van der Waals surface area contributed by atoms with Crippen LogP contribution in [-0.2, 0) is 11.2 Å². The highest BCUT2D eigenvalue weighted by atomic mass is 35.5. The number of pyridine rings is 1. The molecule has 0 aliphatic carbocycles. The Bertz CT molecular complexity index is 961. The fraction of sp³-hybridized carbons (Fsp3) is 0.143. The monoisotopic (exact) mass is 397 g/mol. The third-order valence-electron chi connectivity index (χ3n) is 4.00.